The van der Waals surface area contributed by atoms with Crippen molar-refractivity contribution in [1.29, 1.82) is 0 Å². The van der Waals surface area contributed by atoms with Crippen LogP contribution in [0.25, 0.3) is 10.9 Å². The number of aryl methyl sites for hydroxylation is 1. The summed E-state index contributed by atoms with van der Waals surface area (Å²) in [6, 6.07) is 15.5. The minimum absolute atomic E-state index is 0.0776. The second-order valence-corrected chi connectivity index (χ2v) is 4.65. The molecule has 0 amide bonds. The van der Waals surface area contributed by atoms with Gasteiger partial charge in [-0.25, -0.2) is 0 Å². The van der Waals surface area contributed by atoms with Gasteiger partial charge in [-0.05, 0) is 13.0 Å². The predicted molar refractivity (Wildman–Crippen MR) is 75.2 cm³/mol. The summed E-state index contributed by atoms with van der Waals surface area (Å²) in [5.74, 6) is 0.0776. The van der Waals surface area contributed by atoms with Gasteiger partial charge in [0.25, 0.3) is 0 Å². The van der Waals surface area contributed by atoms with E-state index in [0.29, 0.717) is 0 Å². The van der Waals surface area contributed by atoms with Gasteiger partial charge in [0, 0.05) is 10.9 Å². The molecule has 0 aliphatic carbocycles. The van der Waals surface area contributed by atoms with E-state index in [0.717, 1.165) is 22.0 Å². The minimum Gasteiger partial charge on any atom is -0.292 e. The Morgan fingerprint density at radius 2 is 1.84 bits per heavy atom. The predicted octanol–water partition coefficient (Wildman–Crippen LogP) is 3.23. The van der Waals surface area contributed by atoms with Crippen LogP contribution in [0.4, 0.5) is 0 Å². The molecule has 1 heterocycles. The maximum atomic E-state index is 12.2. The van der Waals surface area contributed by atoms with Crippen molar-refractivity contribution >= 4 is 16.7 Å². The highest BCUT2D eigenvalue weighted by molar-refractivity contribution is 5.96. The number of hydrogen-bond donors (Lipinski definition) is 0. The van der Waals surface area contributed by atoms with Gasteiger partial charge in [-0.2, -0.15) is 5.10 Å². The lowest BCUT2D eigenvalue weighted by atomic mass is 10.1. The number of para-hydroxylation sites is 1. The molecule has 2 aromatic carbocycles. The molecule has 3 rings (SSSR count). The molecular weight excluding hydrogens is 236 g/mol. The third kappa shape index (κ3) is 2.27. The monoisotopic (exact) mass is 250 g/mol. The highest BCUT2D eigenvalue weighted by atomic mass is 16.1. The summed E-state index contributed by atoms with van der Waals surface area (Å²) in [6.07, 6.45) is 1.79. The van der Waals surface area contributed by atoms with Crippen LogP contribution in [-0.2, 0) is 6.54 Å². The number of Topliss-reactive ketones (excluding diaryl/α,β-unsaturated/α-hetero) is 1. The fourth-order valence-corrected chi connectivity index (χ4v) is 2.12. The largest absolute Gasteiger partial charge is 0.292 e. The Balaban J connectivity index is 1.89. The van der Waals surface area contributed by atoms with Gasteiger partial charge in [-0.1, -0.05) is 48.0 Å². The lowest BCUT2D eigenvalue weighted by Crippen LogP contribution is -2.11. The molecule has 0 unspecified atom stereocenters. The highest BCUT2D eigenvalue weighted by Crippen LogP contribution is 2.13. The summed E-state index contributed by atoms with van der Waals surface area (Å²) in [7, 11) is 0. The Hall–Kier alpha value is -2.42. The molecule has 0 spiro atoms. The van der Waals surface area contributed by atoms with Crippen molar-refractivity contribution in [1.82, 2.24) is 9.78 Å². The zero-order valence-corrected chi connectivity index (χ0v) is 10.7. The maximum Gasteiger partial charge on any atom is 0.184 e. The molecule has 3 aromatic rings. The van der Waals surface area contributed by atoms with Crippen molar-refractivity contribution in [2.24, 2.45) is 0 Å². The first kappa shape index (κ1) is 11.7. The van der Waals surface area contributed by atoms with Crippen LogP contribution in [0.2, 0.25) is 0 Å². The van der Waals surface area contributed by atoms with Gasteiger partial charge in [-0.3, -0.25) is 9.48 Å². The van der Waals surface area contributed by atoms with E-state index in [-0.39, 0.29) is 12.3 Å². The quantitative estimate of drug-likeness (QED) is 0.669. The number of fused-ring (bicyclic) bond motifs is 1. The number of aromatic nitrogens is 2. The molecule has 0 saturated heterocycles. The molecule has 0 aliphatic heterocycles. The summed E-state index contributed by atoms with van der Waals surface area (Å²) in [6.45, 7) is 2.28. The van der Waals surface area contributed by atoms with E-state index in [4.69, 9.17) is 0 Å². The van der Waals surface area contributed by atoms with Crippen LogP contribution in [0.3, 0.4) is 0 Å². The van der Waals surface area contributed by atoms with Crippen LogP contribution >= 0.6 is 0 Å². The summed E-state index contributed by atoms with van der Waals surface area (Å²) in [5.41, 5.74) is 2.87. The zero-order valence-electron chi connectivity index (χ0n) is 10.7. The highest BCUT2D eigenvalue weighted by Gasteiger charge is 2.09. The van der Waals surface area contributed by atoms with E-state index in [2.05, 4.69) is 5.10 Å². The molecular formula is C16H14N2O. The van der Waals surface area contributed by atoms with Crippen LogP contribution < -0.4 is 0 Å². The van der Waals surface area contributed by atoms with Gasteiger partial charge in [0.15, 0.2) is 5.78 Å². The Kier molecular flexibility index (Phi) is 2.88. The van der Waals surface area contributed by atoms with Crippen molar-refractivity contribution in [2.45, 2.75) is 13.5 Å². The van der Waals surface area contributed by atoms with Crippen LogP contribution in [0.15, 0.2) is 54.7 Å². The maximum absolute atomic E-state index is 12.2. The van der Waals surface area contributed by atoms with E-state index >= 15 is 0 Å². The molecule has 1 aromatic heterocycles. The van der Waals surface area contributed by atoms with Gasteiger partial charge < -0.3 is 0 Å². The van der Waals surface area contributed by atoms with Crippen molar-refractivity contribution in [3.63, 3.8) is 0 Å². The second kappa shape index (κ2) is 4.69. The second-order valence-electron chi connectivity index (χ2n) is 4.65. The topological polar surface area (TPSA) is 34.9 Å². The Morgan fingerprint density at radius 3 is 2.63 bits per heavy atom. The fourth-order valence-electron chi connectivity index (χ4n) is 2.12. The van der Waals surface area contributed by atoms with Gasteiger partial charge in [0.1, 0.15) is 6.54 Å². The fraction of sp³-hybridized carbons (Fsp3) is 0.125. The smallest absolute Gasteiger partial charge is 0.184 e. The van der Waals surface area contributed by atoms with E-state index in [1.165, 1.54) is 0 Å². The number of hydrogen-bond acceptors (Lipinski definition) is 2. The summed E-state index contributed by atoms with van der Waals surface area (Å²) in [5, 5.41) is 5.33. The number of carbonyl (C=O) groups is 1. The average Bonchev–Trinajstić information content (AvgIpc) is 2.83. The van der Waals surface area contributed by atoms with E-state index in [9.17, 15) is 4.79 Å². The standard InChI is InChI=1S/C16H14N2O/c1-12-6-8-13(9-7-12)16(19)11-18-15-5-3-2-4-14(15)10-17-18/h2-10H,11H2,1H3. The Bertz CT molecular complexity index is 726. The first-order valence-electron chi connectivity index (χ1n) is 6.24. The van der Waals surface area contributed by atoms with E-state index in [1.807, 2.05) is 55.5 Å². The molecule has 0 radical (unpaired) electrons. The van der Waals surface area contributed by atoms with Crippen LogP contribution in [0.5, 0.6) is 0 Å². The normalized spacial score (nSPS) is 10.8. The molecule has 0 N–H and O–H groups in total. The molecule has 0 fully saturated rings. The van der Waals surface area contributed by atoms with Crippen LogP contribution in [0.1, 0.15) is 15.9 Å². The summed E-state index contributed by atoms with van der Waals surface area (Å²) in [4.78, 5) is 12.2. The van der Waals surface area contributed by atoms with Gasteiger partial charge in [-0.15, -0.1) is 0 Å². The van der Waals surface area contributed by atoms with Crippen LogP contribution in [-0.4, -0.2) is 15.6 Å². The van der Waals surface area contributed by atoms with Crippen molar-refractivity contribution in [3.05, 3.63) is 65.9 Å². The number of benzene rings is 2. The SMILES string of the molecule is Cc1ccc(C(=O)Cn2ncc3ccccc32)cc1. The van der Waals surface area contributed by atoms with Gasteiger partial charge in [0.2, 0.25) is 0 Å². The summed E-state index contributed by atoms with van der Waals surface area (Å²) >= 11 is 0. The van der Waals surface area contributed by atoms with Crippen molar-refractivity contribution in [2.75, 3.05) is 0 Å². The number of nitrogens with zero attached hydrogens (tertiary/aromatic N) is 2. The molecule has 0 saturated carbocycles. The zero-order chi connectivity index (χ0) is 13.2. The third-order valence-corrected chi connectivity index (χ3v) is 3.22. The van der Waals surface area contributed by atoms with Crippen molar-refractivity contribution < 1.29 is 4.79 Å². The number of ketones is 1. The first-order valence-corrected chi connectivity index (χ1v) is 6.24. The van der Waals surface area contributed by atoms with Gasteiger partial charge in [0.05, 0.1) is 11.7 Å². The third-order valence-electron chi connectivity index (χ3n) is 3.22. The van der Waals surface area contributed by atoms with Crippen LogP contribution in [0, 0.1) is 6.92 Å². The average molecular weight is 250 g/mol. The Morgan fingerprint density at radius 1 is 1.11 bits per heavy atom. The Labute approximate surface area is 111 Å². The molecule has 3 heteroatoms. The first-order chi connectivity index (χ1) is 9.24. The molecule has 0 aliphatic rings. The molecule has 94 valence electrons. The van der Waals surface area contributed by atoms with Crippen molar-refractivity contribution in [3.8, 4) is 0 Å². The molecule has 19 heavy (non-hydrogen) atoms. The van der Waals surface area contributed by atoms with Gasteiger partial charge >= 0.3 is 0 Å². The van der Waals surface area contributed by atoms with E-state index < -0.39 is 0 Å². The lowest BCUT2D eigenvalue weighted by molar-refractivity contribution is 0.0969. The molecule has 3 nitrogen and oxygen atoms in total. The number of carbonyl (C=O) groups excluding carboxylic acids is 1. The lowest BCUT2D eigenvalue weighted by Gasteiger charge is -2.03. The molecule has 0 bridgehead atoms. The minimum atomic E-state index is 0.0776. The van der Waals surface area contributed by atoms with E-state index in [1.54, 1.807) is 10.9 Å². The molecule has 0 atom stereocenters. The summed E-state index contributed by atoms with van der Waals surface area (Å²) < 4.78 is 1.75. The number of rotatable bonds is 3.